The third kappa shape index (κ3) is 3.56. The third-order valence-corrected chi connectivity index (χ3v) is 7.08. The van der Waals surface area contributed by atoms with Gasteiger partial charge in [-0.15, -0.1) is 11.3 Å². The summed E-state index contributed by atoms with van der Waals surface area (Å²) in [6, 6.07) is 31.4. The van der Waals surface area contributed by atoms with Gasteiger partial charge in [-0.3, -0.25) is 0 Å². The summed E-state index contributed by atoms with van der Waals surface area (Å²) in [5.74, 6) is 1.79. The minimum atomic E-state index is -1.54. The van der Waals surface area contributed by atoms with Gasteiger partial charge in [-0.05, 0) is 16.9 Å². The number of thiophene rings is 1. The summed E-state index contributed by atoms with van der Waals surface area (Å²) in [5.41, 5.74) is 3.21. The van der Waals surface area contributed by atoms with Crippen LogP contribution in [0.3, 0.4) is 0 Å². The molecule has 0 aliphatic carbocycles. The molecule has 7 heteroatoms. The molecule has 162 valence electrons. The number of fused-ring (bicyclic) bond motifs is 3. The van der Waals surface area contributed by atoms with Gasteiger partial charge in [-0.25, -0.2) is 15.0 Å². The first-order chi connectivity index (χ1) is 16.7. The highest BCUT2D eigenvalue weighted by molar-refractivity contribution is 7.27. The van der Waals surface area contributed by atoms with E-state index in [0.29, 0.717) is 22.9 Å². The molecule has 0 aliphatic heterocycles. The lowest BCUT2D eigenvalue weighted by atomic mass is 9.80. The minimum Gasteiger partial charge on any atom is -0.423 e. The zero-order valence-corrected chi connectivity index (χ0v) is 18.8. The van der Waals surface area contributed by atoms with Gasteiger partial charge in [-0.2, -0.15) is 0 Å². The van der Waals surface area contributed by atoms with Crippen molar-refractivity contribution in [3.05, 3.63) is 97.1 Å². The van der Waals surface area contributed by atoms with Crippen molar-refractivity contribution >= 4 is 44.1 Å². The van der Waals surface area contributed by atoms with Crippen molar-refractivity contribution in [2.75, 3.05) is 0 Å². The summed E-state index contributed by atoms with van der Waals surface area (Å²) in [5, 5.41) is 21.8. The van der Waals surface area contributed by atoms with Gasteiger partial charge in [0.2, 0.25) is 0 Å². The second-order valence-electron chi connectivity index (χ2n) is 7.92. The summed E-state index contributed by atoms with van der Waals surface area (Å²) in [6.07, 6.45) is 0. The quantitative estimate of drug-likeness (QED) is 0.366. The molecule has 6 rings (SSSR count). The maximum Gasteiger partial charge on any atom is 0.489 e. The van der Waals surface area contributed by atoms with Gasteiger partial charge in [0.15, 0.2) is 17.5 Å². The van der Waals surface area contributed by atoms with Gasteiger partial charge in [0.1, 0.15) is 0 Å². The van der Waals surface area contributed by atoms with Crippen molar-refractivity contribution in [2.24, 2.45) is 0 Å². The minimum absolute atomic E-state index is 0.496. The molecule has 0 aliphatic rings. The molecule has 0 radical (unpaired) electrons. The van der Waals surface area contributed by atoms with Crippen LogP contribution in [-0.4, -0.2) is 32.1 Å². The Morgan fingerprint density at radius 1 is 0.529 bits per heavy atom. The Kier molecular flexibility index (Phi) is 5.15. The normalized spacial score (nSPS) is 11.2. The first-order valence-electron chi connectivity index (χ1n) is 10.9. The Bertz CT molecular complexity index is 1580. The first-order valence-corrected chi connectivity index (χ1v) is 11.7. The van der Waals surface area contributed by atoms with Crippen molar-refractivity contribution in [1.29, 1.82) is 0 Å². The lowest BCUT2D eigenvalue weighted by molar-refractivity contribution is 0.426. The lowest BCUT2D eigenvalue weighted by Gasteiger charge is -2.09. The fraction of sp³-hybridized carbons (Fsp3) is 0. The Balaban J connectivity index is 1.63. The van der Waals surface area contributed by atoms with Crippen LogP contribution in [0, 0.1) is 0 Å². The van der Waals surface area contributed by atoms with E-state index in [-0.39, 0.29) is 0 Å². The predicted octanol–water partition coefficient (Wildman–Crippen LogP) is 4.92. The molecular weight excluding hydrogens is 441 g/mol. The van der Waals surface area contributed by atoms with E-state index in [1.54, 1.807) is 6.07 Å². The lowest BCUT2D eigenvalue weighted by Crippen LogP contribution is -2.29. The SMILES string of the molecule is OB(O)c1cccc2c1sc1c(-c3nc(-c4ccccc4)nc(-c4ccccc4)n3)cccc12. The van der Waals surface area contributed by atoms with Crippen LogP contribution >= 0.6 is 11.3 Å². The van der Waals surface area contributed by atoms with Gasteiger partial charge in [0, 0.05) is 31.5 Å². The van der Waals surface area contributed by atoms with Crippen molar-refractivity contribution in [1.82, 2.24) is 15.0 Å². The number of rotatable bonds is 4. The Morgan fingerprint density at radius 2 is 1.06 bits per heavy atom. The Labute approximate surface area is 200 Å². The zero-order valence-electron chi connectivity index (χ0n) is 18.0. The van der Waals surface area contributed by atoms with Crippen molar-refractivity contribution < 1.29 is 10.0 Å². The van der Waals surface area contributed by atoms with Crippen LogP contribution in [0.4, 0.5) is 0 Å². The third-order valence-electron chi connectivity index (χ3n) is 5.77. The van der Waals surface area contributed by atoms with E-state index in [4.69, 9.17) is 15.0 Å². The Morgan fingerprint density at radius 3 is 1.65 bits per heavy atom. The molecule has 5 nitrogen and oxygen atoms in total. The molecule has 2 heterocycles. The van der Waals surface area contributed by atoms with E-state index >= 15 is 0 Å². The van der Waals surface area contributed by atoms with Gasteiger partial charge < -0.3 is 10.0 Å². The highest BCUT2D eigenvalue weighted by Crippen LogP contribution is 2.39. The predicted molar refractivity (Wildman–Crippen MR) is 139 cm³/mol. The van der Waals surface area contributed by atoms with Gasteiger partial charge in [-0.1, -0.05) is 91.0 Å². The van der Waals surface area contributed by atoms with Gasteiger partial charge in [0.05, 0.1) is 0 Å². The molecule has 0 atom stereocenters. The van der Waals surface area contributed by atoms with Gasteiger partial charge >= 0.3 is 7.12 Å². The summed E-state index contributed by atoms with van der Waals surface area (Å²) in [4.78, 5) is 14.5. The molecule has 0 unspecified atom stereocenters. The monoisotopic (exact) mass is 459 g/mol. The van der Waals surface area contributed by atoms with Crippen LogP contribution in [0.1, 0.15) is 0 Å². The first kappa shape index (κ1) is 20.7. The highest BCUT2D eigenvalue weighted by atomic mass is 32.1. The number of nitrogens with zero attached hydrogens (tertiary/aromatic N) is 3. The molecule has 34 heavy (non-hydrogen) atoms. The molecular formula is C27H18BN3O2S. The smallest absolute Gasteiger partial charge is 0.423 e. The van der Waals surface area contributed by atoms with Gasteiger partial charge in [0.25, 0.3) is 0 Å². The number of benzene rings is 4. The van der Waals surface area contributed by atoms with E-state index in [1.807, 2.05) is 91.0 Å². The topological polar surface area (TPSA) is 79.1 Å². The number of hydrogen-bond acceptors (Lipinski definition) is 6. The Hall–Kier alpha value is -3.91. The van der Waals surface area contributed by atoms with Crippen molar-refractivity contribution in [3.63, 3.8) is 0 Å². The molecule has 2 aromatic heterocycles. The molecule has 2 N–H and O–H groups in total. The van der Waals surface area contributed by atoms with Crippen molar-refractivity contribution in [3.8, 4) is 34.2 Å². The van der Waals surface area contributed by atoms with Crippen LogP contribution < -0.4 is 5.46 Å². The van der Waals surface area contributed by atoms with E-state index in [2.05, 4.69) is 0 Å². The second kappa shape index (κ2) is 8.46. The number of hydrogen-bond donors (Lipinski definition) is 2. The summed E-state index contributed by atoms with van der Waals surface area (Å²) in [6.45, 7) is 0. The van der Waals surface area contributed by atoms with E-state index < -0.39 is 7.12 Å². The maximum atomic E-state index is 9.89. The fourth-order valence-electron chi connectivity index (χ4n) is 4.15. The molecule has 0 saturated heterocycles. The molecule has 4 aromatic carbocycles. The molecule has 0 amide bonds. The van der Waals surface area contributed by atoms with Crippen LogP contribution in [0.5, 0.6) is 0 Å². The maximum absolute atomic E-state index is 9.89. The fourth-order valence-corrected chi connectivity index (χ4v) is 5.49. The molecule has 6 aromatic rings. The van der Waals surface area contributed by atoms with Crippen LogP contribution in [-0.2, 0) is 0 Å². The second-order valence-corrected chi connectivity index (χ2v) is 8.94. The summed E-state index contributed by atoms with van der Waals surface area (Å²) >= 11 is 1.52. The largest absolute Gasteiger partial charge is 0.489 e. The summed E-state index contributed by atoms with van der Waals surface area (Å²) in [7, 11) is -1.54. The molecule has 0 spiro atoms. The highest BCUT2D eigenvalue weighted by Gasteiger charge is 2.20. The van der Waals surface area contributed by atoms with Crippen LogP contribution in [0.15, 0.2) is 97.1 Å². The van der Waals surface area contributed by atoms with E-state index in [9.17, 15) is 10.0 Å². The standard InChI is InChI=1S/C27H18BN3O2S/c32-28(33)22-16-8-14-20-19-13-7-15-21(23(19)34-24(20)22)27-30-25(17-9-3-1-4-10-17)29-26(31-27)18-11-5-2-6-12-18/h1-16,32-33H. The van der Waals surface area contributed by atoms with Crippen LogP contribution in [0.25, 0.3) is 54.3 Å². The zero-order chi connectivity index (χ0) is 23.1. The van der Waals surface area contributed by atoms with Crippen LogP contribution in [0.2, 0.25) is 0 Å². The average Bonchev–Trinajstić information content (AvgIpc) is 3.28. The number of aromatic nitrogens is 3. The van der Waals surface area contributed by atoms with E-state index in [0.717, 1.165) is 36.9 Å². The average molecular weight is 459 g/mol. The molecule has 0 fully saturated rings. The molecule has 0 saturated carbocycles. The van der Waals surface area contributed by atoms with E-state index in [1.165, 1.54) is 11.3 Å². The summed E-state index contributed by atoms with van der Waals surface area (Å²) < 4.78 is 1.84. The molecule has 0 bridgehead atoms. The van der Waals surface area contributed by atoms with Crippen molar-refractivity contribution in [2.45, 2.75) is 0 Å².